The Morgan fingerprint density at radius 1 is 1.13 bits per heavy atom. The normalized spacial score (nSPS) is 11.1. The van der Waals surface area contributed by atoms with Gasteiger partial charge in [-0.25, -0.2) is 0 Å². The summed E-state index contributed by atoms with van der Waals surface area (Å²) in [5.41, 5.74) is 3.11. The molecule has 0 fully saturated rings. The summed E-state index contributed by atoms with van der Waals surface area (Å²) in [5.74, 6) is -0.0526. The second-order valence-electron chi connectivity index (χ2n) is 5.79. The first kappa shape index (κ1) is 16.6. The van der Waals surface area contributed by atoms with Gasteiger partial charge in [-0.2, -0.15) is 0 Å². The molecule has 0 unspecified atom stereocenters. The highest BCUT2D eigenvalue weighted by Gasteiger charge is 2.16. The standard InChI is InChI=1S/C19H19NO3/c1-13(2)17-10-6-15(12-18(17)20(22)23)7-11-19(21)16-8-4-14(3)5-9-16/h4-13H,1-3H3/b11-7+. The molecule has 0 aromatic heterocycles. The number of nitro benzene ring substituents is 1. The number of hydrogen-bond donors (Lipinski definition) is 0. The Bertz CT molecular complexity index is 759. The molecular formula is C19H19NO3. The molecule has 0 saturated heterocycles. The van der Waals surface area contributed by atoms with Crippen molar-refractivity contribution in [2.24, 2.45) is 0 Å². The maximum atomic E-state index is 12.1. The van der Waals surface area contributed by atoms with Crippen molar-refractivity contribution in [3.8, 4) is 0 Å². The van der Waals surface area contributed by atoms with E-state index < -0.39 is 0 Å². The smallest absolute Gasteiger partial charge is 0.273 e. The van der Waals surface area contributed by atoms with Crippen LogP contribution in [0.5, 0.6) is 0 Å². The molecule has 23 heavy (non-hydrogen) atoms. The van der Waals surface area contributed by atoms with Crippen LogP contribution in [0.3, 0.4) is 0 Å². The van der Waals surface area contributed by atoms with Gasteiger partial charge in [-0.05, 0) is 24.5 Å². The van der Waals surface area contributed by atoms with Crippen LogP contribution in [0.1, 0.15) is 46.8 Å². The number of carbonyl (C=O) groups is 1. The quantitative estimate of drug-likeness (QED) is 0.341. The van der Waals surface area contributed by atoms with Crippen molar-refractivity contribution in [2.45, 2.75) is 26.7 Å². The molecule has 4 heteroatoms. The molecule has 0 heterocycles. The number of rotatable bonds is 5. The van der Waals surface area contributed by atoms with E-state index in [-0.39, 0.29) is 22.3 Å². The highest BCUT2D eigenvalue weighted by atomic mass is 16.6. The topological polar surface area (TPSA) is 60.2 Å². The van der Waals surface area contributed by atoms with Crippen molar-refractivity contribution >= 4 is 17.5 Å². The fraction of sp³-hybridized carbons (Fsp3) is 0.211. The molecule has 0 aliphatic rings. The van der Waals surface area contributed by atoms with Crippen LogP contribution >= 0.6 is 0 Å². The van der Waals surface area contributed by atoms with Crippen molar-refractivity contribution < 1.29 is 9.72 Å². The van der Waals surface area contributed by atoms with Crippen LogP contribution in [-0.2, 0) is 0 Å². The third-order valence-electron chi connectivity index (χ3n) is 3.64. The highest BCUT2D eigenvalue weighted by Crippen LogP contribution is 2.27. The number of allylic oxidation sites excluding steroid dienone is 1. The van der Waals surface area contributed by atoms with Gasteiger partial charge in [-0.1, -0.05) is 61.9 Å². The molecule has 0 saturated carbocycles. The Hall–Kier alpha value is -2.75. The summed E-state index contributed by atoms with van der Waals surface area (Å²) >= 11 is 0. The van der Waals surface area contributed by atoms with Gasteiger partial charge in [0, 0.05) is 17.2 Å². The van der Waals surface area contributed by atoms with Crippen LogP contribution in [0.4, 0.5) is 5.69 Å². The predicted molar refractivity (Wildman–Crippen MR) is 91.7 cm³/mol. The van der Waals surface area contributed by atoms with Gasteiger partial charge in [-0.3, -0.25) is 14.9 Å². The van der Waals surface area contributed by atoms with Crippen LogP contribution in [0, 0.1) is 17.0 Å². The van der Waals surface area contributed by atoms with Crippen molar-refractivity contribution in [3.05, 3.63) is 80.9 Å². The number of nitro groups is 1. The van der Waals surface area contributed by atoms with E-state index in [1.807, 2.05) is 32.9 Å². The minimum atomic E-state index is -0.380. The van der Waals surface area contributed by atoms with Crippen LogP contribution < -0.4 is 0 Å². The summed E-state index contributed by atoms with van der Waals surface area (Å²) in [6, 6.07) is 12.3. The Kier molecular flexibility index (Phi) is 5.06. The van der Waals surface area contributed by atoms with E-state index in [4.69, 9.17) is 0 Å². The van der Waals surface area contributed by atoms with Crippen molar-refractivity contribution in [2.75, 3.05) is 0 Å². The van der Waals surface area contributed by atoms with Crippen molar-refractivity contribution in [1.82, 2.24) is 0 Å². The first-order valence-corrected chi connectivity index (χ1v) is 7.46. The average molecular weight is 309 g/mol. The van der Waals surface area contributed by atoms with E-state index >= 15 is 0 Å². The van der Waals surface area contributed by atoms with Crippen LogP contribution in [0.15, 0.2) is 48.5 Å². The molecule has 0 atom stereocenters. The molecule has 2 rings (SSSR count). The van der Waals surface area contributed by atoms with Crippen molar-refractivity contribution in [1.29, 1.82) is 0 Å². The number of hydrogen-bond acceptors (Lipinski definition) is 3. The third-order valence-corrected chi connectivity index (χ3v) is 3.64. The minimum absolute atomic E-state index is 0.0719. The van der Waals surface area contributed by atoms with Crippen LogP contribution in [-0.4, -0.2) is 10.7 Å². The van der Waals surface area contributed by atoms with Gasteiger partial charge >= 0.3 is 0 Å². The summed E-state index contributed by atoms with van der Waals surface area (Å²) < 4.78 is 0. The summed E-state index contributed by atoms with van der Waals surface area (Å²) in [4.78, 5) is 22.9. The lowest BCUT2D eigenvalue weighted by Gasteiger charge is -2.06. The highest BCUT2D eigenvalue weighted by molar-refractivity contribution is 6.06. The Morgan fingerprint density at radius 3 is 2.35 bits per heavy atom. The molecule has 0 aliphatic carbocycles. The Morgan fingerprint density at radius 2 is 1.78 bits per heavy atom. The molecular weight excluding hydrogens is 290 g/mol. The monoisotopic (exact) mass is 309 g/mol. The minimum Gasteiger partial charge on any atom is -0.289 e. The zero-order valence-electron chi connectivity index (χ0n) is 13.4. The number of nitrogens with zero attached hydrogens (tertiary/aromatic N) is 1. The second kappa shape index (κ2) is 7.01. The fourth-order valence-electron chi connectivity index (χ4n) is 2.30. The van der Waals surface area contributed by atoms with Crippen molar-refractivity contribution in [3.63, 3.8) is 0 Å². The molecule has 0 radical (unpaired) electrons. The lowest BCUT2D eigenvalue weighted by Crippen LogP contribution is -1.98. The number of aryl methyl sites for hydroxylation is 1. The molecule has 0 aliphatic heterocycles. The molecule has 0 amide bonds. The van der Waals surface area contributed by atoms with E-state index in [1.165, 1.54) is 12.1 Å². The van der Waals surface area contributed by atoms with E-state index in [0.717, 1.165) is 5.56 Å². The first-order valence-electron chi connectivity index (χ1n) is 7.46. The first-order chi connectivity index (χ1) is 10.9. The van der Waals surface area contributed by atoms with Gasteiger partial charge in [-0.15, -0.1) is 0 Å². The number of benzene rings is 2. The Balaban J connectivity index is 2.25. The van der Waals surface area contributed by atoms with Gasteiger partial charge in [0.15, 0.2) is 5.78 Å². The van der Waals surface area contributed by atoms with Gasteiger partial charge in [0.1, 0.15) is 0 Å². The predicted octanol–water partition coefficient (Wildman–Crippen LogP) is 4.92. The van der Waals surface area contributed by atoms with Crippen LogP contribution in [0.25, 0.3) is 6.08 Å². The molecule has 0 N–H and O–H groups in total. The summed E-state index contributed by atoms with van der Waals surface area (Å²) in [6.45, 7) is 5.79. The van der Waals surface area contributed by atoms with Gasteiger partial charge in [0.25, 0.3) is 5.69 Å². The third kappa shape index (κ3) is 4.13. The molecule has 0 spiro atoms. The summed E-state index contributed by atoms with van der Waals surface area (Å²) in [5, 5.41) is 11.2. The Labute approximate surface area is 135 Å². The summed E-state index contributed by atoms with van der Waals surface area (Å²) in [6.07, 6.45) is 3.05. The zero-order chi connectivity index (χ0) is 17.0. The van der Waals surface area contributed by atoms with Crippen LogP contribution in [0.2, 0.25) is 0 Å². The maximum absolute atomic E-state index is 12.1. The molecule has 2 aromatic rings. The SMILES string of the molecule is Cc1ccc(C(=O)/C=C/c2ccc(C(C)C)c([N+](=O)[O-])c2)cc1. The van der Waals surface area contributed by atoms with Gasteiger partial charge in [0.05, 0.1) is 4.92 Å². The van der Waals surface area contributed by atoms with E-state index in [9.17, 15) is 14.9 Å². The number of carbonyl (C=O) groups excluding carboxylic acids is 1. The average Bonchev–Trinajstić information content (AvgIpc) is 2.52. The fourth-order valence-corrected chi connectivity index (χ4v) is 2.30. The molecule has 118 valence electrons. The second-order valence-corrected chi connectivity index (χ2v) is 5.79. The van der Waals surface area contributed by atoms with Gasteiger partial charge in [0.2, 0.25) is 0 Å². The molecule has 0 bridgehead atoms. The largest absolute Gasteiger partial charge is 0.289 e. The molecule has 4 nitrogen and oxygen atoms in total. The molecule has 2 aromatic carbocycles. The maximum Gasteiger partial charge on any atom is 0.273 e. The summed E-state index contributed by atoms with van der Waals surface area (Å²) in [7, 11) is 0. The van der Waals surface area contributed by atoms with Gasteiger partial charge < -0.3 is 0 Å². The van der Waals surface area contributed by atoms with E-state index in [2.05, 4.69) is 0 Å². The lowest BCUT2D eigenvalue weighted by atomic mass is 9.99. The lowest BCUT2D eigenvalue weighted by molar-refractivity contribution is -0.385. The number of ketones is 1. The van der Waals surface area contributed by atoms with E-state index in [0.29, 0.717) is 16.7 Å². The van der Waals surface area contributed by atoms with E-state index in [1.54, 1.807) is 30.3 Å². The zero-order valence-corrected chi connectivity index (χ0v) is 13.4.